The standard InChI is InChI=1S/C22H39N3O4/c1-14(2)17(12-15(3)13-18(26)27)25(7)21(29)19(22(4,5)6)24-20(28)16-8-10-23-11-9-16/h12,14,16-17,19,23H,8-11,13H2,1-7H3,(H,24,28)(H,26,27)/b15-12+/t17-,19-/m1/s1. The number of aliphatic carboxylic acids is 1. The highest BCUT2D eigenvalue weighted by atomic mass is 16.4. The molecule has 166 valence electrons. The third kappa shape index (κ3) is 7.80. The smallest absolute Gasteiger partial charge is 0.307 e. The van der Waals surface area contributed by atoms with Crippen LogP contribution in [-0.4, -0.2) is 60.0 Å². The van der Waals surface area contributed by atoms with Crippen molar-refractivity contribution < 1.29 is 19.5 Å². The molecule has 0 aromatic carbocycles. The molecule has 7 heteroatoms. The van der Waals surface area contributed by atoms with E-state index in [1.54, 1.807) is 18.9 Å². The van der Waals surface area contributed by atoms with Crippen LogP contribution in [-0.2, 0) is 14.4 Å². The van der Waals surface area contributed by atoms with Crippen LogP contribution >= 0.6 is 0 Å². The van der Waals surface area contributed by atoms with Gasteiger partial charge in [-0.05, 0) is 44.2 Å². The second-order valence-electron chi connectivity index (χ2n) is 9.60. The lowest BCUT2D eigenvalue weighted by atomic mass is 9.84. The Balaban J connectivity index is 3.03. The van der Waals surface area contributed by atoms with E-state index in [4.69, 9.17) is 5.11 Å². The first-order valence-electron chi connectivity index (χ1n) is 10.5. The summed E-state index contributed by atoms with van der Waals surface area (Å²) >= 11 is 0. The highest BCUT2D eigenvalue weighted by Gasteiger charge is 2.38. The van der Waals surface area contributed by atoms with Gasteiger partial charge in [0, 0.05) is 13.0 Å². The Labute approximate surface area is 175 Å². The van der Waals surface area contributed by atoms with Crippen LogP contribution in [0, 0.1) is 17.3 Å². The number of carbonyl (C=O) groups is 3. The van der Waals surface area contributed by atoms with E-state index in [0.717, 1.165) is 25.9 Å². The zero-order valence-electron chi connectivity index (χ0n) is 19.0. The second kappa shape index (κ2) is 10.8. The SMILES string of the molecule is C/C(=C\[C@H](C(C)C)N(C)C(=O)[C@@H](NC(=O)C1CCNCC1)C(C)(C)C)CC(=O)O. The number of carbonyl (C=O) groups excluding carboxylic acids is 2. The Morgan fingerprint density at radius 2 is 1.76 bits per heavy atom. The van der Waals surface area contributed by atoms with Gasteiger partial charge in [-0.25, -0.2) is 0 Å². The van der Waals surface area contributed by atoms with Crippen LogP contribution in [0.2, 0.25) is 0 Å². The number of carboxylic acid groups (broad SMARTS) is 1. The van der Waals surface area contributed by atoms with E-state index in [2.05, 4.69) is 10.6 Å². The summed E-state index contributed by atoms with van der Waals surface area (Å²) in [5.74, 6) is -1.08. The maximum atomic E-state index is 13.4. The maximum absolute atomic E-state index is 13.4. The number of rotatable bonds is 8. The van der Waals surface area contributed by atoms with E-state index in [1.165, 1.54) is 0 Å². The van der Waals surface area contributed by atoms with Crippen molar-refractivity contribution in [2.75, 3.05) is 20.1 Å². The fourth-order valence-corrected chi connectivity index (χ4v) is 3.68. The lowest BCUT2D eigenvalue weighted by Gasteiger charge is -2.38. The Morgan fingerprint density at radius 3 is 2.21 bits per heavy atom. The predicted octanol–water partition coefficient (Wildman–Crippen LogP) is 2.42. The van der Waals surface area contributed by atoms with Crippen LogP contribution in [0.3, 0.4) is 0 Å². The van der Waals surface area contributed by atoms with Gasteiger partial charge in [-0.3, -0.25) is 14.4 Å². The minimum absolute atomic E-state index is 0.0552. The molecule has 3 N–H and O–H groups in total. The van der Waals surface area contributed by atoms with E-state index in [1.807, 2.05) is 40.7 Å². The molecular weight excluding hydrogens is 370 g/mol. The lowest BCUT2D eigenvalue weighted by Crippen LogP contribution is -2.57. The number of nitrogens with one attached hydrogen (secondary N) is 2. The number of amides is 2. The van der Waals surface area contributed by atoms with Crippen LogP contribution in [0.25, 0.3) is 0 Å². The summed E-state index contributed by atoms with van der Waals surface area (Å²) in [6, 6.07) is -0.896. The summed E-state index contributed by atoms with van der Waals surface area (Å²) in [4.78, 5) is 38.9. The first-order chi connectivity index (χ1) is 13.3. The molecule has 0 aromatic rings. The van der Waals surface area contributed by atoms with Crippen LogP contribution in [0.15, 0.2) is 11.6 Å². The molecule has 2 atom stereocenters. The summed E-state index contributed by atoms with van der Waals surface area (Å²) in [7, 11) is 1.73. The molecule has 1 heterocycles. The Hall–Kier alpha value is -1.89. The molecule has 0 bridgehead atoms. The first-order valence-corrected chi connectivity index (χ1v) is 10.5. The minimum Gasteiger partial charge on any atom is -0.481 e. The minimum atomic E-state index is -0.892. The topological polar surface area (TPSA) is 98.7 Å². The van der Waals surface area contributed by atoms with Crippen molar-refractivity contribution in [3.63, 3.8) is 0 Å². The van der Waals surface area contributed by atoms with Crippen LogP contribution in [0.1, 0.15) is 60.8 Å². The van der Waals surface area contributed by atoms with E-state index in [0.29, 0.717) is 5.57 Å². The average molecular weight is 410 g/mol. The highest BCUT2D eigenvalue weighted by Crippen LogP contribution is 2.25. The Kier molecular flexibility index (Phi) is 9.33. The van der Waals surface area contributed by atoms with Gasteiger partial charge in [0.05, 0.1) is 12.5 Å². The zero-order chi connectivity index (χ0) is 22.4. The number of carboxylic acids is 1. The van der Waals surface area contributed by atoms with E-state index < -0.39 is 17.4 Å². The lowest BCUT2D eigenvalue weighted by molar-refractivity contribution is -0.141. The number of hydrogen-bond acceptors (Lipinski definition) is 4. The van der Waals surface area contributed by atoms with Gasteiger partial charge < -0.3 is 20.6 Å². The van der Waals surface area contributed by atoms with Crippen molar-refractivity contribution in [1.29, 1.82) is 0 Å². The molecule has 1 saturated heterocycles. The molecule has 7 nitrogen and oxygen atoms in total. The largest absolute Gasteiger partial charge is 0.481 e. The summed E-state index contributed by atoms with van der Waals surface area (Å²) in [6.45, 7) is 13.2. The fourth-order valence-electron chi connectivity index (χ4n) is 3.68. The van der Waals surface area contributed by atoms with Gasteiger partial charge in [0.1, 0.15) is 6.04 Å². The number of piperidine rings is 1. The number of likely N-dealkylation sites (N-methyl/N-ethyl adjacent to an activating group) is 1. The molecule has 0 saturated carbocycles. The van der Waals surface area contributed by atoms with Gasteiger partial charge in [-0.1, -0.05) is 46.3 Å². The highest BCUT2D eigenvalue weighted by molar-refractivity contribution is 5.89. The molecule has 0 aliphatic carbocycles. The number of hydrogen-bond donors (Lipinski definition) is 3. The molecule has 1 fully saturated rings. The molecule has 29 heavy (non-hydrogen) atoms. The second-order valence-corrected chi connectivity index (χ2v) is 9.60. The van der Waals surface area contributed by atoms with Crippen molar-refractivity contribution in [2.24, 2.45) is 17.3 Å². The summed E-state index contributed by atoms with van der Waals surface area (Å²) in [5, 5.41) is 15.3. The molecule has 1 rings (SSSR count). The molecular formula is C22H39N3O4. The molecule has 0 radical (unpaired) electrons. The van der Waals surface area contributed by atoms with Gasteiger partial charge in [-0.2, -0.15) is 0 Å². The zero-order valence-corrected chi connectivity index (χ0v) is 19.0. The van der Waals surface area contributed by atoms with Crippen LogP contribution < -0.4 is 10.6 Å². The predicted molar refractivity (Wildman–Crippen MR) is 114 cm³/mol. The van der Waals surface area contributed by atoms with E-state index in [-0.39, 0.29) is 36.1 Å². The third-order valence-electron chi connectivity index (χ3n) is 5.47. The summed E-state index contributed by atoms with van der Waals surface area (Å²) < 4.78 is 0. The van der Waals surface area contributed by atoms with Gasteiger partial charge in [0.2, 0.25) is 11.8 Å². The first kappa shape index (κ1) is 25.1. The van der Waals surface area contributed by atoms with Crippen molar-refractivity contribution in [3.8, 4) is 0 Å². The summed E-state index contributed by atoms with van der Waals surface area (Å²) in [5.41, 5.74) is 0.261. The van der Waals surface area contributed by atoms with Crippen LogP contribution in [0.5, 0.6) is 0 Å². The Bertz CT molecular complexity index is 616. The molecule has 2 amide bonds. The van der Waals surface area contributed by atoms with Gasteiger partial charge >= 0.3 is 5.97 Å². The molecule has 0 unspecified atom stereocenters. The van der Waals surface area contributed by atoms with Crippen LogP contribution in [0.4, 0.5) is 0 Å². The van der Waals surface area contributed by atoms with Gasteiger partial charge in [0.15, 0.2) is 0 Å². The van der Waals surface area contributed by atoms with Crippen molar-refractivity contribution in [3.05, 3.63) is 11.6 Å². The molecule has 0 aromatic heterocycles. The fraction of sp³-hybridized carbons (Fsp3) is 0.773. The Morgan fingerprint density at radius 1 is 1.21 bits per heavy atom. The monoisotopic (exact) mass is 409 g/mol. The van der Waals surface area contributed by atoms with E-state index >= 15 is 0 Å². The summed E-state index contributed by atoms with van der Waals surface area (Å²) in [6.07, 6.45) is 3.35. The average Bonchev–Trinajstić information content (AvgIpc) is 2.61. The molecule has 0 spiro atoms. The number of nitrogens with zero attached hydrogens (tertiary/aromatic N) is 1. The van der Waals surface area contributed by atoms with Crippen molar-refractivity contribution in [1.82, 2.24) is 15.5 Å². The van der Waals surface area contributed by atoms with Gasteiger partial charge in [-0.15, -0.1) is 0 Å². The molecule has 1 aliphatic heterocycles. The van der Waals surface area contributed by atoms with Crippen molar-refractivity contribution in [2.45, 2.75) is 72.9 Å². The molecule has 1 aliphatic rings. The van der Waals surface area contributed by atoms with E-state index in [9.17, 15) is 14.4 Å². The third-order valence-corrected chi connectivity index (χ3v) is 5.47. The maximum Gasteiger partial charge on any atom is 0.307 e. The normalized spacial score (nSPS) is 18.3. The quantitative estimate of drug-likeness (QED) is 0.535. The van der Waals surface area contributed by atoms with Gasteiger partial charge in [0.25, 0.3) is 0 Å². The van der Waals surface area contributed by atoms with Crippen molar-refractivity contribution >= 4 is 17.8 Å².